The molecule has 2 aromatic rings. The second-order valence-corrected chi connectivity index (χ2v) is 6.38. The van der Waals surface area contributed by atoms with E-state index in [-0.39, 0.29) is 5.91 Å². The molecule has 0 fully saturated rings. The number of ether oxygens (including phenoxy) is 1. The molecule has 0 aliphatic heterocycles. The average molecular weight is 340 g/mol. The third kappa shape index (κ3) is 3.81. The molecule has 1 amide bonds. The molecule has 5 heteroatoms. The lowest BCUT2D eigenvalue weighted by molar-refractivity contribution is 0.0958. The Bertz CT molecular complexity index is 568. The Kier molecular flexibility index (Phi) is 4.99. The lowest BCUT2D eigenvalue weighted by Crippen LogP contribution is -2.24. The van der Waals surface area contributed by atoms with Crippen molar-refractivity contribution in [3.05, 3.63) is 50.6 Å². The maximum atomic E-state index is 11.8. The van der Waals surface area contributed by atoms with Gasteiger partial charge in [-0.15, -0.1) is 11.3 Å². The normalized spacial score (nSPS) is 10.2. The first-order valence-electron chi connectivity index (χ1n) is 5.86. The number of carbonyl (C=O) groups excluding carboxylic acids is 1. The Labute approximate surface area is 124 Å². The van der Waals surface area contributed by atoms with Crippen LogP contribution in [-0.4, -0.2) is 19.6 Å². The molecule has 3 nitrogen and oxygen atoms in total. The van der Waals surface area contributed by atoms with Crippen molar-refractivity contribution < 1.29 is 9.53 Å². The molecule has 0 atom stereocenters. The molecule has 0 saturated heterocycles. The van der Waals surface area contributed by atoms with E-state index in [0.29, 0.717) is 11.4 Å². The molecule has 100 valence electrons. The standard InChI is InChI=1S/C14H14BrNO2S/c1-18-11-5-3-2-4-10(11)8-9-16-14(17)12-6-7-13(15)19-12/h2-7H,8-9H2,1H3,(H,16,17). The van der Waals surface area contributed by atoms with Gasteiger partial charge < -0.3 is 10.1 Å². The third-order valence-electron chi connectivity index (χ3n) is 2.67. The highest BCUT2D eigenvalue weighted by molar-refractivity contribution is 9.11. The van der Waals surface area contributed by atoms with Crippen LogP contribution in [0, 0.1) is 0 Å². The molecule has 0 radical (unpaired) electrons. The molecule has 0 saturated carbocycles. The van der Waals surface area contributed by atoms with Crippen molar-refractivity contribution in [2.75, 3.05) is 13.7 Å². The highest BCUT2D eigenvalue weighted by atomic mass is 79.9. The first kappa shape index (κ1) is 14.1. The van der Waals surface area contributed by atoms with Gasteiger partial charge in [0.1, 0.15) is 5.75 Å². The number of thiophene rings is 1. The lowest BCUT2D eigenvalue weighted by atomic mass is 10.1. The fourth-order valence-electron chi connectivity index (χ4n) is 1.74. The summed E-state index contributed by atoms with van der Waals surface area (Å²) in [6.45, 7) is 0.592. The minimum atomic E-state index is -0.0365. The Morgan fingerprint density at radius 3 is 2.79 bits per heavy atom. The topological polar surface area (TPSA) is 38.3 Å². The first-order chi connectivity index (χ1) is 9.20. The largest absolute Gasteiger partial charge is 0.496 e. The molecule has 0 bridgehead atoms. The summed E-state index contributed by atoms with van der Waals surface area (Å²) in [6, 6.07) is 11.5. The van der Waals surface area contributed by atoms with Gasteiger partial charge >= 0.3 is 0 Å². The fourth-order valence-corrected chi connectivity index (χ4v) is 3.05. The van der Waals surface area contributed by atoms with E-state index < -0.39 is 0 Å². The van der Waals surface area contributed by atoms with Crippen molar-refractivity contribution in [2.24, 2.45) is 0 Å². The maximum absolute atomic E-state index is 11.8. The molecule has 2 rings (SSSR count). The van der Waals surface area contributed by atoms with E-state index in [4.69, 9.17) is 4.74 Å². The molecule has 0 spiro atoms. The number of halogens is 1. The van der Waals surface area contributed by atoms with Gasteiger partial charge in [-0.3, -0.25) is 4.79 Å². The number of para-hydroxylation sites is 1. The van der Waals surface area contributed by atoms with E-state index in [2.05, 4.69) is 21.2 Å². The summed E-state index contributed by atoms with van der Waals surface area (Å²) in [7, 11) is 1.65. The van der Waals surface area contributed by atoms with Crippen LogP contribution in [0.3, 0.4) is 0 Å². The first-order valence-corrected chi connectivity index (χ1v) is 7.47. The van der Waals surface area contributed by atoms with Crippen molar-refractivity contribution in [3.8, 4) is 5.75 Å². The zero-order valence-corrected chi connectivity index (χ0v) is 12.9. The summed E-state index contributed by atoms with van der Waals surface area (Å²) < 4.78 is 6.23. The number of hydrogen-bond donors (Lipinski definition) is 1. The van der Waals surface area contributed by atoms with E-state index in [1.54, 1.807) is 7.11 Å². The third-order valence-corrected chi connectivity index (χ3v) is 4.29. The number of amides is 1. The average Bonchev–Trinajstić information content (AvgIpc) is 2.86. The molecule has 1 N–H and O–H groups in total. The minimum absolute atomic E-state index is 0.0365. The number of hydrogen-bond acceptors (Lipinski definition) is 3. The Balaban J connectivity index is 1.88. The van der Waals surface area contributed by atoms with Crippen molar-refractivity contribution in [1.82, 2.24) is 5.32 Å². The van der Waals surface area contributed by atoms with Gasteiger partial charge in [0, 0.05) is 6.54 Å². The van der Waals surface area contributed by atoms with Gasteiger partial charge in [-0.1, -0.05) is 18.2 Å². The number of carbonyl (C=O) groups is 1. The van der Waals surface area contributed by atoms with Crippen LogP contribution in [0.15, 0.2) is 40.2 Å². The van der Waals surface area contributed by atoms with Crippen LogP contribution >= 0.6 is 27.3 Å². The molecule has 19 heavy (non-hydrogen) atoms. The molecule has 0 aliphatic rings. The van der Waals surface area contributed by atoms with Crippen LogP contribution < -0.4 is 10.1 Å². The van der Waals surface area contributed by atoms with E-state index in [1.807, 2.05) is 36.4 Å². The van der Waals surface area contributed by atoms with Crippen LogP contribution in [0.4, 0.5) is 0 Å². The summed E-state index contributed by atoms with van der Waals surface area (Å²) in [5.41, 5.74) is 1.10. The second kappa shape index (κ2) is 6.73. The Morgan fingerprint density at radius 2 is 2.11 bits per heavy atom. The highest BCUT2D eigenvalue weighted by Crippen LogP contribution is 2.22. The number of rotatable bonds is 5. The quantitative estimate of drug-likeness (QED) is 0.905. The SMILES string of the molecule is COc1ccccc1CCNC(=O)c1ccc(Br)s1. The molecule has 1 aromatic carbocycles. The number of methoxy groups -OCH3 is 1. The molecular formula is C14H14BrNO2S. The molecule has 1 aromatic heterocycles. The summed E-state index contributed by atoms with van der Waals surface area (Å²) in [5, 5.41) is 2.91. The molecule has 0 unspecified atom stereocenters. The van der Waals surface area contributed by atoms with Gasteiger partial charge in [-0.05, 0) is 46.1 Å². The van der Waals surface area contributed by atoms with E-state index >= 15 is 0 Å². The summed E-state index contributed by atoms with van der Waals surface area (Å²) in [4.78, 5) is 12.6. The molecule has 0 aliphatic carbocycles. The zero-order valence-electron chi connectivity index (χ0n) is 10.5. The van der Waals surface area contributed by atoms with Crippen LogP contribution in [0.1, 0.15) is 15.2 Å². The summed E-state index contributed by atoms with van der Waals surface area (Å²) in [6.07, 6.45) is 0.752. The summed E-state index contributed by atoms with van der Waals surface area (Å²) in [5.74, 6) is 0.821. The van der Waals surface area contributed by atoms with Gasteiger partial charge in [0.2, 0.25) is 0 Å². The number of nitrogens with one attached hydrogen (secondary N) is 1. The Morgan fingerprint density at radius 1 is 1.32 bits per heavy atom. The zero-order chi connectivity index (χ0) is 13.7. The number of benzene rings is 1. The van der Waals surface area contributed by atoms with Crippen molar-refractivity contribution in [3.63, 3.8) is 0 Å². The van der Waals surface area contributed by atoms with Crippen LogP contribution in [0.5, 0.6) is 5.75 Å². The van der Waals surface area contributed by atoms with Gasteiger partial charge in [-0.2, -0.15) is 0 Å². The second-order valence-electron chi connectivity index (χ2n) is 3.92. The van der Waals surface area contributed by atoms with Crippen LogP contribution in [-0.2, 0) is 6.42 Å². The molecule has 1 heterocycles. The van der Waals surface area contributed by atoms with Crippen LogP contribution in [0.25, 0.3) is 0 Å². The van der Waals surface area contributed by atoms with Gasteiger partial charge in [-0.25, -0.2) is 0 Å². The van der Waals surface area contributed by atoms with Crippen LogP contribution in [0.2, 0.25) is 0 Å². The smallest absolute Gasteiger partial charge is 0.261 e. The van der Waals surface area contributed by atoms with Gasteiger partial charge in [0.05, 0.1) is 15.8 Å². The van der Waals surface area contributed by atoms with E-state index in [1.165, 1.54) is 11.3 Å². The Hall–Kier alpha value is -1.33. The molecular weight excluding hydrogens is 326 g/mol. The predicted octanol–water partition coefficient (Wildman–Crippen LogP) is 3.49. The van der Waals surface area contributed by atoms with Gasteiger partial charge in [0.15, 0.2) is 0 Å². The fraction of sp³-hybridized carbons (Fsp3) is 0.214. The van der Waals surface area contributed by atoms with Crippen molar-refractivity contribution in [1.29, 1.82) is 0 Å². The highest BCUT2D eigenvalue weighted by Gasteiger charge is 2.08. The monoisotopic (exact) mass is 339 g/mol. The lowest BCUT2D eigenvalue weighted by Gasteiger charge is -2.08. The maximum Gasteiger partial charge on any atom is 0.261 e. The van der Waals surface area contributed by atoms with Crippen molar-refractivity contribution >= 4 is 33.2 Å². The predicted molar refractivity (Wildman–Crippen MR) is 81.1 cm³/mol. The minimum Gasteiger partial charge on any atom is -0.496 e. The van der Waals surface area contributed by atoms with E-state index in [0.717, 1.165) is 21.5 Å². The van der Waals surface area contributed by atoms with Gasteiger partial charge in [0.25, 0.3) is 5.91 Å². The summed E-state index contributed by atoms with van der Waals surface area (Å²) >= 11 is 4.78. The van der Waals surface area contributed by atoms with E-state index in [9.17, 15) is 4.79 Å². The van der Waals surface area contributed by atoms with Crippen molar-refractivity contribution in [2.45, 2.75) is 6.42 Å².